The first-order valence-corrected chi connectivity index (χ1v) is 8.42. The standard InChI is InChI=1S/C15H17BrF3N3O/c16-12-7-10(15(17,18)19)8-20-13(12)22-5-3-11(4-6-22)21-14(23)9-1-2-9/h7-9,11H,1-6H2,(H,21,23). The van der Waals surface area contributed by atoms with Crippen molar-refractivity contribution in [2.24, 2.45) is 5.92 Å². The maximum absolute atomic E-state index is 12.7. The summed E-state index contributed by atoms with van der Waals surface area (Å²) in [7, 11) is 0. The molecule has 2 fully saturated rings. The Morgan fingerprint density at radius 2 is 1.91 bits per heavy atom. The highest BCUT2D eigenvalue weighted by Gasteiger charge is 2.33. The van der Waals surface area contributed by atoms with Gasteiger partial charge in [-0.2, -0.15) is 13.2 Å². The molecule has 0 aromatic carbocycles. The molecule has 1 aliphatic heterocycles. The van der Waals surface area contributed by atoms with Crippen molar-refractivity contribution in [3.8, 4) is 0 Å². The number of anilines is 1. The van der Waals surface area contributed by atoms with Gasteiger partial charge in [0, 0.05) is 31.2 Å². The first-order chi connectivity index (χ1) is 10.8. The Kier molecular flexibility index (Phi) is 4.53. The van der Waals surface area contributed by atoms with Crippen molar-refractivity contribution < 1.29 is 18.0 Å². The predicted octanol–water partition coefficient (Wildman–Crippen LogP) is 3.36. The van der Waals surface area contributed by atoms with Crippen LogP contribution in [0.4, 0.5) is 19.0 Å². The van der Waals surface area contributed by atoms with E-state index >= 15 is 0 Å². The second kappa shape index (κ2) is 6.30. The van der Waals surface area contributed by atoms with E-state index in [1.54, 1.807) is 0 Å². The lowest BCUT2D eigenvalue weighted by Gasteiger charge is -2.33. The van der Waals surface area contributed by atoms with Crippen LogP contribution in [0, 0.1) is 5.92 Å². The number of amides is 1. The van der Waals surface area contributed by atoms with Crippen molar-refractivity contribution in [3.63, 3.8) is 0 Å². The summed E-state index contributed by atoms with van der Waals surface area (Å²) in [5.41, 5.74) is -0.764. The Morgan fingerprint density at radius 1 is 1.26 bits per heavy atom. The zero-order chi connectivity index (χ0) is 16.6. The van der Waals surface area contributed by atoms with Gasteiger partial charge >= 0.3 is 6.18 Å². The lowest BCUT2D eigenvalue weighted by Crippen LogP contribution is -2.45. The molecule has 1 saturated heterocycles. The number of halogens is 4. The van der Waals surface area contributed by atoms with Gasteiger partial charge in [-0.1, -0.05) is 0 Å². The van der Waals surface area contributed by atoms with E-state index in [0.717, 1.165) is 37.9 Å². The summed E-state index contributed by atoms with van der Waals surface area (Å²) in [6, 6.07) is 1.20. The highest BCUT2D eigenvalue weighted by atomic mass is 79.9. The Balaban J connectivity index is 1.60. The number of hydrogen-bond acceptors (Lipinski definition) is 3. The number of pyridine rings is 1. The van der Waals surface area contributed by atoms with Crippen LogP contribution in [0.25, 0.3) is 0 Å². The largest absolute Gasteiger partial charge is 0.417 e. The number of aromatic nitrogens is 1. The molecule has 8 heteroatoms. The molecule has 1 aromatic heterocycles. The van der Waals surface area contributed by atoms with E-state index < -0.39 is 11.7 Å². The van der Waals surface area contributed by atoms with Crippen molar-refractivity contribution in [2.45, 2.75) is 37.9 Å². The van der Waals surface area contributed by atoms with Gasteiger partial charge in [-0.05, 0) is 47.7 Å². The third kappa shape index (κ3) is 3.97. The quantitative estimate of drug-likeness (QED) is 0.858. The minimum atomic E-state index is -4.39. The Labute approximate surface area is 140 Å². The van der Waals surface area contributed by atoms with Crippen molar-refractivity contribution in [1.29, 1.82) is 0 Å². The molecule has 2 aliphatic rings. The van der Waals surface area contributed by atoms with Gasteiger partial charge in [0.15, 0.2) is 0 Å². The number of nitrogens with one attached hydrogen (secondary N) is 1. The predicted molar refractivity (Wildman–Crippen MR) is 83.0 cm³/mol. The fourth-order valence-corrected chi connectivity index (χ4v) is 3.32. The van der Waals surface area contributed by atoms with E-state index in [9.17, 15) is 18.0 Å². The summed E-state index contributed by atoms with van der Waals surface area (Å²) in [5, 5.41) is 3.05. The third-order valence-electron chi connectivity index (χ3n) is 4.24. The van der Waals surface area contributed by atoms with Crippen LogP contribution < -0.4 is 10.2 Å². The number of alkyl halides is 3. The van der Waals surface area contributed by atoms with Gasteiger partial charge in [0.25, 0.3) is 0 Å². The average molecular weight is 392 g/mol. The highest BCUT2D eigenvalue weighted by Crippen LogP contribution is 2.34. The molecule has 0 bridgehead atoms. The molecule has 126 valence electrons. The first kappa shape index (κ1) is 16.5. The Morgan fingerprint density at radius 3 is 2.43 bits per heavy atom. The van der Waals surface area contributed by atoms with Crippen LogP contribution in [0.2, 0.25) is 0 Å². The normalized spacial score (nSPS) is 19.7. The number of carbonyl (C=O) groups excluding carboxylic acids is 1. The number of carbonyl (C=O) groups is 1. The van der Waals surface area contributed by atoms with Crippen molar-refractivity contribution in [2.75, 3.05) is 18.0 Å². The molecule has 1 amide bonds. The van der Waals surface area contributed by atoms with E-state index in [1.165, 1.54) is 0 Å². The Bertz CT molecular complexity index is 596. The summed E-state index contributed by atoms with van der Waals surface area (Å²) in [6.45, 7) is 1.32. The minimum absolute atomic E-state index is 0.136. The fraction of sp³-hybridized carbons (Fsp3) is 0.600. The van der Waals surface area contributed by atoms with E-state index in [-0.39, 0.29) is 17.9 Å². The summed E-state index contributed by atoms with van der Waals surface area (Å²) in [6.07, 6.45) is -0.0312. The molecule has 0 spiro atoms. The molecule has 23 heavy (non-hydrogen) atoms. The number of piperidine rings is 1. The summed E-state index contributed by atoms with van der Waals surface area (Å²) in [5.74, 6) is 0.848. The fourth-order valence-electron chi connectivity index (χ4n) is 2.72. The number of hydrogen-bond donors (Lipinski definition) is 1. The van der Waals surface area contributed by atoms with Gasteiger partial charge in [0.1, 0.15) is 5.82 Å². The van der Waals surface area contributed by atoms with Gasteiger partial charge in [-0.15, -0.1) is 0 Å². The van der Waals surface area contributed by atoms with Crippen LogP contribution in [-0.2, 0) is 11.0 Å². The molecular formula is C15H17BrF3N3O. The molecule has 0 atom stereocenters. The van der Waals surface area contributed by atoms with Crippen LogP contribution in [0.3, 0.4) is 0 Å². The molecule has 2 heterocycles. The second-order valence-electron chi connectivity index (χ2n) is 6.07. The van der Waals surface area contributed by atoms with E-state index in [0.29, 0.717) is 23.4 Å². The van der Waals surface area contributed by atoms with Gasteiger partial charge in [0.2, 0.25) is 5.91 Å². The third-order valence-corrected chi connectivity index (χ3v) is 4.82. The molecule has 4 nitrogen and oxygen atoms in total. The maximum Gasteiger partial charge on any atom is 0.417 e. The Hall–Kier alpha value is -1.31. The molecule has 1 saturated carbocycles. The van der Waals surface area contributed by atoms with Crippen LogP contribution in [-0.4, -0.2) is 30.0 Å². The SMILES string of the molecule is O=C(NC1CCN(c2ncc(C(F)(F)F)cc2Br)CC1)C1CC1. The number of nitrogens with zero attached hydrogens (tertiary/aromatic N) is 2. The topological polar surface area (TPSA) is 45.2 Å². The molecule has 1 aromatic rings. The zero-order valence-electron chi connectivity index (χ0n) is 12.4. The minimum Gasteiger partial charge on any atom is -0.356 e. The van der Waals surface area contributed by atoms with Crippen LogP contribution in [0.5, 0.6) is 0 Å². The monoisotopic (exact) mass is 391 g/mol. The average Bonchev–Trinajstić information content (AvgIpc) is 3.32. The smallest absolute Gasteiger partial charge is 0.356 e. The summed E-state index contributed by atoms with van der Waals surface area (Å²) >= 11 is 3.18. The summed E-state index contributed by atoms with van der Waals surface area (Å²) in [4.78, 5) is 17.7. The van der Waals surface area contributed by atoms with E-state index in [2.05, 4.69) is 26.2 Å². The molecule has 0 unspecified atom stereocenters. The van der Waals surface area contributed by atoms with Gasteiger partial charge < -0.3 is 10.2 Å². The molecule has 3 rings (SSSR count). The number of rotatable bonds is 3. The van der Waals surface area contributed by atoms with Crippen LogP contribution >= 0.6 is 15.9 Å². The molecule has 0 radical (unpaired) electrons. The van der Waals surface area contributed by atoms with Gasteiger partial charge in [0.05, 0.1) is 10.0 Å². The lowest BCUT2D eigenvalue weighted by molar-refractivity contribution is -0.137. The van der Waals surface area contributed by atoms with Gasteiger partial charge in [-0.25, -0.2) is 4.98 Å². The van der Waals surface area contributed by atoms with Gasteiger partial charge in [-0.3, -0.25) is 4.79 Å². The first-order valence-electron chi connectivity index (χ1n) is 7.62. The van der Waals surface area contributed by atoms with Crippen molar-refractivity contribution >= 4 is 27.7 Å². The van der Waals surface area contributed by atoms with Crippen molar-refractivity contribution in [3.05, 3.63) is 22.3 Å². The van der Waals surface area contributed by atoms with Crippen molar-refractivity contribution in [1.82, 2.24) is 10.3 Å². The van der Waals surface area contributed by atoms with Crippen LogP contribution in [0.1, 0.15) is 31.2 Å². The molecule has 1 aliphatic carbocycles. The molecule has 1 N–H and O–H groups in total. The highest BCUT2D eigenvalue weighted by molar-refractivity contribution is 9.10. The van der Waals surface area contributed by atoms with E-state index in [1.807, 2.05) is 4.90 Å². The lowest BCUT2D eigenvalue weighted by atomic mass is 10.0. The maximum atomic E-state index is 12.7. The second-order valence-corrected chi connectivity index (χ2v) is 6.93. The zero-order valence-corrected chi connectivity index (χ0v) is 14.0. The molecular weight excluding hydrogens is 375 g/mol. The summed E-state index contributed by atoms with van der Waals surface area (Å²) < 4.78 is 38.4. The van der Waals surface area contributed by atoms with Crippen LogP contribution in [0.15, 0.2) is 16.7 Å². The van der Waals surface area contributed by atoms with E-state index in [4.69, 9.17) is 0 Å².